The van der Waals surface area contributed by atoms with Gasteiger partial charge in [-0.05, 0) is 18.6 Å². The molecule has 0 aliphatic heterocycles. The van der Waals surface area contributed by atoms with Gasteiger partial charge in [0.05, 0.1) is 4.92 Å². The summed E-state index contributed by atoms with van der Waals surface area (Å²) in [5.74, 6) is -2.36. The second-order valence-corrected chi connectivity index (χ2v) is 3.87. The standard InChI is InChI=1S/C11H12N2O6/c1-7-4-8(13(18)19)2-3-9(7)12(5-10(14)15)6-11(16)17/h2-4H,5-6H2,1H3,(H,14,15)(H,16,17). The Morgan fingerprint density at radius 1 is 1.26 bits per heavy atom. The summed E-state index contributed by atoms with van der Waals surface area (Å²) in [7, 11) is 0. The van der Waals surface area contributed by atoms with Crippen LogP contribution in [0, 0.1) is 17.0 Å². The van der Waals surface area contributed by atoms with E-state index in [0.29, 0.717) is 11.3 Å². The van der Waals surface area contributed by atoms with E-state index in [2.05, 4.69) is 0 Å². The molecule has 102 valence electrons. The molecular weight excluding hydrogens is 256 g/mol. The number of anilines is 1. The quantitative estimate of drug-likeness (QED) is 0.580. The Bertz CT molecular complexity index is 512. The van der Waals surface area contributed by atoms with E-state index in [0.717, 1.165) is 4.90 Å². The molecule has 0 aliphatic rings. The average molecular weight is 268 g/mol. The topological polar surface area (TPSA) is 121 Å². The summed E-state index contributed by atoms with van der Waals surface area (Å²) in [4.78, 5) is 32.6. The van der Waals surface area contributed by atoms with Crippen LogP contribution in [0.3, 0.4) is 0 Å². The van der Waals surface area contributed by atoms with Gasteiger partial charge in [-0.25, -0.2) is 0 Å². The smallest absolute Gasteiger partial charge is 0.323 e. The van der Waals surface area contributed by atoms with Crippen molar-refractivity contribution in [3.8, 4) is 0 Å². The number of carboxylic acids is 2. The highest BCUT2D eigenvalue weighted by atomic mass is 16.6. The molecule has 0 atom stereocenters. The summed E-state index contributed by atoms with van der Waals surface area (Å²) in [5, 5.41) is 28.1. The Balaban J connectivity index is 3.11. The number of nitrogens with zero attached hydrogens (tertiary/aromatic N) is 2. The molecule has 0 spiro atoms. The normalized spacial score (nSPS) is 9.95. The molecule has 8 nitrogen and oxygen atoms in total. The molecule has 0 unspecified atom stereocenters. The van der Waals surface area contributed by atoms with Gasteiger partial charge >= 0.3 is 11.9 Å². The first kappa shape index (κ1) is 14.4. The van der Waals surface area contributed by atoms with Gasteiger partial charge in [-0.15, -0.1) is 0 Å². The van der Waals surface area contributed by atoms with E-state index in [4.69, 9.17) is 10.2 Å². The van der Waals surface area contributed by atoms with E-state index in [9.17, 15) is 19.7 Å². The first-order valence-electron chi connectivity index (χ1n) is 5.25. The van der Waals surface area contributed by atoms with Crippen LogP contribution < -0.4 is 4.90 Å². The monoisotopic (exact) mass is 268 g/mol. The van der Waals surface area contributed by atoms with Gasteiger partial charge in [0.2, 0.25) is 0 Å². The van der Waals surface area contributed by atoms with E-state index in [-0.39, 0.29) is 5.69 Å². The Hall–Kier alpha value is -2.64. The molecule has 8 heteroatoms. The predicted molar refractivity (Wildman–Crippen MR) is 65.3 cm³/mol. The van der Waals surface area contributed by atoms with Crippen LogP contribution in [0.25, 0.3) is 0 Å². The van der Waals surface area contributed by atoms with Crippen molar-refractivity contribution in [3.05, 3.63) is 33.9 Å². The summed E-state index contributed by atoms with van der Waals surface area (Å²) in [6, 6.07) is 3.82. The summed E-state index contributed by atoms with van der Waals surface area (Å²) >= 11 is 0. The number of hydrogen-bond donors (Lipinski definition) is 2. The van der Waals surface area contributed by atoms with Gasteiger partial charge in [0.15, 0.2) is 0 Å². The third-order valence-electron chi connectivity index (χ3n) is 2.38. The molecule has 0 aromatic heterocycles. The molecule has 0 fully saturated rings. The molecule has 1 rings (SSSR count). The molecule has 19 heavy (non-hydrogen) atoms. The van der Waals surface area contributed by atoms with Gasteiger partial charge in [-0.1, -0.05) is 0 Å². The Labute approximate surface area is 108 Å². The molecule has 1 aromatic carbocycles. The van der Waals surface area contributed by atoms with Crippen molar-refractivity contribution in [2.24, 2.45) is 0 Å². The van der Waals surface area contributed by atoms with Crippen LogP contribution in [-0.4, -0.2) is 40.2 Å². The number of rotatable bonds is 6. The van der Waals surface area contributed by atoms with E-state index in [1.54, 1.807) is 6.92 Å². The highest BCUT2D eigenvalue weighted by molar-refractivity contribution is 5.80. The van der Waals surface area contributed by atoms with Gasteiger partial charge in [0, 0.05) is 17.8 Å². The van der Waals surface area contributed by atoms with Gasteiger partial charge in [-0.3, -0.25) is 19.7 Å². The maximum atomic E-state index is 10.7. The zero-order valence-corrected chi connectivity index (χ0v) is 10.1. The second kappa shape index (κ2) is 5.80. The third-order valence-corrected chi connectivity index (χ3v) is 2.38. The lowest BCUT2D eigenvalue weighted by Crippen LogP contribution is -2.34. The first-order valence-corrected chi connectivity index (χ1v) is 5.25. The number of non-ortho nitro benzene ring substituents is 1. The van der Waals surface area contributed by atoms with Crippen molar-refractivity contribution in [2.45, 2.75) is 6.92 Å². The van der Waals surface area contributed by atoms with Crippen LogP contribution in [0.1, 0.15) is 5.56 Å². The zero-order chi connectivity index (χ0) is 14.6. The highest BCUT2D eigenvalue weighted by Gasteiger charge is 2.18. The molecule has 0 heterocycles. The first-order chi connectivity index (χ1) is 8.81. The molecule has 0 amide bonds. The Morgan fingerprint density at radius 3 is 2.16 bits per heavy atom. The number of aryl methyl sites for hydroxylation is 1. The van der Waals surface area contributed by atoms with Gasteiger partial charge < -0.3 is 15.1 Å². The number of carbonyl (C=O) groups is 2. The van der Waals surface area contributed by atoms with Crippen molar-refractivity contribution < 1.29 is 24.7 Å². The summed E-state index contributed by atoms with van der Waals surface area (Å²) in [6.07, 6.45) is 0. The molecule has 0 saturated carbocycles. The Kier molecular flexibility index (Phi) is 4.41. The van der Waals surface area contributed by atoms with E-state index >= 15 is 0 Å². The molecule has 2 N–H and O–H groups in total. The number of nitro groups is 1. The summed E-state index contributed by atoms with van der Waals surface area (Å²) in [5.41, 5.74) is 0.652. The van der Waals surface area contributed by atoms with Crippen LogP contribution >= 0.6 is 0 Å². The van der Waals surface area contributed by atoms with Gasteiger partial charge in [0.1, 0.15) is 13.1 Å². The minimum atomic E-state index is -1.18. The number of benzene rings is 1. The van der Waals surface area contributed by atoms with E-state index in [1.165, 1.54) is 18.2 Å². The number of aliphatic carboxylic acids is 2. The molecule has 0 radical (unpaired) electrons. The third kappa shape index (κ3) is 3.95. The second-order valence-electron chi connectivity index (χ2n) is 3.87. The van der Waals surface area contributed by atoms with Crippen molar-refractivity contribution in [2.75, 3.05) is 18.0 Å². The fraction of sp³-hybridized carbons (Fsp3) is 0.273. The minimum absolute atomic E-state index is 0.133. The lowest BCUT2D eigenvalue weighted by molar-refractivity contribution is -0.384. The number of nitro benzene ring substituents is 1. The summed E-state index contributed by atoms with van der Waals surface area (Å²) < 4.78 is 0. The van der Waals surface area contributed by atoms with Crippen molar-refractivity contribution in [1.29, 1.82) is 0 Å². The maximum Gasteiger partial charge on any atom is 0.323 e. The Morgan fingerprint density at radius 2 is 1.79 bits per heavy atom. The molecular formula is C11H12N2O6. The van der Waals surface area contributed by atoms with Crippen LogP contribution in [0.2, 0.25) is 0 Å². The van der Waals surface area contributed by atoms with E-state index in [1.807, 2.05) is 0 Å². The summed E-state index contributed by atoms with van der Waals surface area (Å²) in [6.45, 7) is 0.564. The minimum Gasteiger partial charge on any atom is -0.480 e. The molecule has 0 saturated heterocycles. The molecule has 0 aliphatic carbocycles. The fourth-order valence-corrected chi connectivity index (χ4v) is 1.66. The van der Waals surface area contributed by atoms with Gasteiger partial charge in [-0.2, -0.15) is 0 Å². The molecule has 0 bridgehead atoms. The van der Waals surface area contributed by atoms with Crippen LogP contribution in [0.5, 0.6) is 0 Å². The number of carboxylic acid groups (broad SMARTS) is 2. The fourth-order valence-electron chi connectivity index (χ4n) is 1.66. The largest absolute Gasteiger partial charge is 0.480 e. The van der Waals surface area contributed by atoms with Crippen LogP contribution in [0.15, 0.2) is 18.2 Å². The van der Waals surface area contributed by atoms with Crippen molar-refractivity contribution in [3.63, 3.8) is 0 Å². The van der Waals surface area contributed by atoms with Crippen molar-refractivity contribution in [1.82, 2.24) is 0 Å². The average Bonchev–Trinajstić information content (AvgIpc) is 2.26. The number of hydrogen-bond acceptors (Lipinski definition) is 5. The van der Waals surface area contributed by atoms with Gasteiger partial charge in [0.25, 0.3) is 5.69 Å². The SMILES string of the molecule is Cc1cc([N+](=O)[O-])ccc1N(CC(=O)O)CC(=O)O. The van der Waals surface area contributed by atoms with E-state index < -0.39 is 30.0 Å². The van der Waals surface area contributed by atoms with Crippen molar-refractivity contribution >= 4 is 23.3 Å². The highest BCUT2D eigenvalue weighted by Crippen LogP contribution is 2.24. The zero-order valence-electron chi connectivity index (χ0n) is 10.1. The lowest BCUT2D eigenvalue weighted by Gasteiger charge is -2.22. The lowest BCUT2D eigenvalue weighted by atomic mass is 10.1. The molecule has 1 aromatic rings. The van der Waals surface area contributed by atoms with Crippen LogP contribution in [-0.2, 0) is 9.59 Å². The predicted octanol–water partition coefficient (Wildman–Crippen LogP) is 0.879. The maximum absolute atomic E-state index is 10.7. The van der Waals surface area contributed by atoms with Crippen LogP contribution in [0.4, 0.5) is 11.4 Å².